The minimum Gasteiger partial charge on any atom is -0.382 e. The van der Waals surface area contributed by atoms with Crippen LogP contribution < -0.4 is 11.1 Å². The monoisotopic (exact) mass is 550 g/mol. The van der Waals surface area contributed by atoms with Crippen molar-refractivity contribution >= 4 is 33.7 Å². The molecule has 0 spiro atoms. The van der Waals surface area contributed by atoms with Crippen molar-refractivity contribution in [1.29, 1.82) is 0 Å². The van der Waals surface area contributed by atoms with E-state index >= 15 is 0 Å². The Morgan fingerprint density at radius 2 is 1.68 bits per heavy atom. The molecule has 0 bridgehead atoms. The maximum atomic E-state index is 12.8. The fraction of sp³-hybridized carbons (Fsp3) is 0.303. The van der Waals surface area contributed by atoms with Crippen LogP contribution in [0.25, 0.3) is 21.9 Å². The Morgan fingerprint density at radius 1 is 0.951 bits per heavy atom. The lowest BCUT2D eigenvalue weighted by atomic mass is 10.00. The average Bonchev–Trinajstić information content (AvgIpc) is 3.42. The summed E-state index contributed by atoms with van der Waals surface area (Å²) < 4.78 is 8.43. The number of anilines is 1. The van der Waals surface area contributed by atoms with Gasteiger partial charge in [0.2, 0.25) is 0 Å². The number of benzene rings is 3. The zero-order valence-corrected chi connectivity index (χ0v) is 23.8. The second kappa shape index (κ2) is 13.4. The number of imidazole rings is 1. The molecule has 2 heterocycles. The first-order valence-corrected chi connectivity index (χ1v) is 14.2. The van der Waals surface area contributed by atoms with Crippen molar-refractivity contribution in [2.24, 2.45) is 0 Å². The van der Waals surface area contributed by atoms with Gasteiger partial charge in [0.25, 0.3) is 5.91 Å². The molecule has 3 aromatic carbocycles. The summed E-state index contributed by atoms with van der Waals surface area (Å²) in [6, 6.07) is 25.9. The van der Waals surface area contributed by atoms with Gasteiger partial charge in [0.05, 0.1) is 17.4 Å². The van der Waals surface area contributed by atoms with Crippen LogP contribution in [0.1, 0.15) is 46.9 Å². The van der Waals surface area contributed by atoms with Gasteiger partial charge in [0.15, 0.2) is 5.82 Å². The number of unbranched alkanes of at least 4 members (excludes halogenated alkanes) is 1. The van der Waals surface area contributed by atoms with E-state index < -0.39 is 0 Å². The molecule has 0 radical (unpaired) electrons. The van der Waals surface area contributed by atoms with E-state index in [0.29, 0.717) is 24.5 Å². The summed E-state index contributed by atoms with van der Waals surface area (Å²) in [5, 5.41) is 4.10. The molecule has 1 unspecified atom stereocenters. The molecular weight excluding hydrogens is 512 g/mol. The van der Waals surface area contributed by atoms with Gasteiger partial charge in [-0.15, -0.1) is 0 Å². The van der Waals surface area contributed by atoms with Crippen LogP contribution in [-0.4, -0.2) is 59.1 Å². The van der Waals surface area contributed by atoms with Gasteiger partial charge in [-0.05, 0) is 69.2 Å². The molecule has 0 saturated carbocycles. The third-order valence-corrected chi connectivity index (χ3v) is 7.20. The molecule has 0 aliphatic rings. The van der Waals surface area contributed by atoms with Crippen molar-refractivity contribution in [1.82, 2.24) is 24.8 Å². The van der Waals surface area contributed by atoms with Crippen LogP contribution in [-0.2, 0) is 11.3 Å². The van der Waals surface area contributed by atoms with E-state index in [9.17, 15) is 4.79 Å². The van der Waals surface area contributed by atoms with E-state index in [1.54, 1.807) is 0 Å². The number of aromatic nitrogens is 3. The highest BCUT2D eigenvalue weighted by Gasteiger charge is 2.16. The van der Waals surface area contributed by atoms with Gasteiger partial charge in [-0.1, -0.05) is 60.7 Å². The maximum Gasteiger partial charge on any atom is 0.251 e. The van der Waals surface area contributed by atoms with E-state index in [1.165, 1.54) is 0 Å². The molecule has 212 valence electrons. The zero-order valence-electron chi connectivity index (χ0n) is 23.8. The van der Waals surface area contributed by atoms with Crippen molar-refractivity contribution in [3.8, 4) is 0 Å². The zero-order chi connectivity index (χ0) is 28.6. The van der Waals surface area contributed by atoms with Crippen molar-refractivity contribution in [2.45, 2.75) is 31.9 Å². The SMILES string of the molecule is CN(C)CCCOC(c1ccccc1)c1ccc(C(=O)NCCCCn2cnc3c(N)nc4ccccc4c32)cc1. The summed E-state index contributed by atoms with van der Waals surface area (Å²) in [5.74, 6) is 0.374. The van der Waals surface area contributed by atoms with Gasteiger partial charge in [0.1, 0.15) is 11.6 Å². The van der Waals surface area contributed by atoms with E-state index in [4.69, 9.17) is 10.5 Å². The number of aryl methyl sites for hydroxylation is 1. The Bertz CT molecular complexity index is 1580. The summed E-state index contributed by atoms with van der Waals surface area (Å²) in [5.41, 5.74) is 11.5. The number of hydrogen-bond donors (Lipinski definition) is 2. The molecule has 0 aliphatic heterocycles. The van der Waals surface area contributed by atoms with Crippen LogP contribution in [0.3, 0.4) is 0 Å². The van der Waals surface area contributed by atoms with Crippen LogP contribution in [0.2, 0.25) is 0 Å². The number of fused-ring (bicyclic) bond motifs is 3. The van der Waals surface area contributed by atoms with Gasteiger partial charge in [-0.3, -0.25) is 4.79 Å². The smallest absolute Gasteiger partial charge is 0.251 e. The number of nitrogen functional groups attached to an aromatic ring is 1. The number of pyridine rings is 1. The number of ether oxygens (including phenoxy) is 1. The van der Waals surface area contributed by atoms with Gasteiger partial charge in [0, 0.05) is 30.6 Å². The number of nitrogens with zero attached hydrogens (tertiary/aromatic N) is 4. The molecule has 3 N–H and O–H groups in total. The molecule has 2 aromatic heterocycles. The standard InChI is InChI=1S/C33H38N6O2/c1-38(2)20-10-22-41-31(24-11-4-3-5-12-24)25-15-17-26(18-16-25)33(40)35-19-8-9-21-39-23-36-29-30(39)27-13-6-7-14-28(27)37-32(29)34/h3-7,11-18,23,31H,8-10,19-22H2,1-2H3,(H2,34,37)(H,35,40). The maximum absolute atomic E-state index is 12.8. The number of carbonyl (C=O) groups is 1. The highest BCUT2D eigenvalue weighted by atomic mass is 16.5. The van der Waals surface area contributed by atoms with E-state index in [1.807, 2.05) is 73.1 Å². The molecule has 0 aliphatic carbocycles. The Kier molecular flexibility index (Phi) is 9.23. The van der Waals surface area contributed by atoms with Gasteiger partial charge < -0.3 is 25.3 Å². The number of rotatable bonds is 13. The molecule has 5 aromatic rings. The Morgan fingerprint density at radius 3 is 2.46 bits per heavy atom. The Hall–Kier alpha value is -4.27. The van der Waals surface area contributed by atoms with Gasteiger partial charge in [-0.25, -0.2) is 9.97 Å². The molecule has 1 atom stereocenters. The number of carbonyl (C=O) groups excluding carboxylic acids is 1. The topological polar surface area (TPSA) is 98.3 Å². The minimum absolute atomic E-state index is 0.0716. The second-order valence-corrected chi connectivity index (χ2v) is 10.6. The van der Waals surface area contributed by atoms with Crippen LogP contribution >= 0.6 is 0 Å². The Labute approximate surface area is 241 Å². The fourth-order valence-electron chi connectivity index (χ4n) is 5.09. The van der Waals surface area contributed by atoms with Crippen molar-refractivity contribution < 1.29 is 9.53 Å². The minimum atomic E-state index is -0.169. The fourth-order valence-corrected chi connectivity index (χ4v) is 5.09. The number of nitrogens with one attached hydrogen (secondary N) is 1. The predicted octanol–water partition coefficient (Wildman–Crippen LogP) is 5.43. The van der Waals surface area contributed by atoms with Crippen molar-refractivity contribution in [3.05, 3.63) is 102 Å². The first kappa shape index (κ1) is 28.3. The third-order valence-electron chi connectivity index (χ3n) is 7.20. The van der Waals surface area contributed by atoms with E-state index in [-0.39, 0.29) is 12.0 Å². The first-order chi connectivity index (χ1) is 20.0. The van der Waals surface area contributed by atoms with Crippen LogP contribution in [0.15, 0.2) is 85.2 Å². The second-order valence-electron chi connectivity index (χ2n) is 10.6. The van der Waals surface area contributed by atoms with Crippen molar-refractivity contribution in [3.63, 3.8) is 0 Å². The highest BCUT2D eigenvalue weighted by molar-refractivity contribution is 6.06. The highest BCUT2D eigenvalue weighted by Crippen LogP contribution is 2.28. The quantitative estimate of drug-likeness (QED) is 0.190. The lowest BCUT2D eigenvalue weighted by Gasteiger charge is -2.20. The normalized spacial score (nSPS) is 12.3. The summed E-state index contributed by atoms with van der Waals surface area (Å²) in [4.78, 5) is 24.0. The summed E-state index contributed by atoms with van der Waals surface area (Å²) in [6.45, 7) is 3.01. The largest absolute Gasteiger partial charge is 0.382 e. The van der Waals surface area contributed by atoms with E-state index in [2.05, 4.69) is 51.0 Å². The van der Waals surface area contributed by atoms with Gasteiger partial charge in [-0.2, -0.15) is 0 Å². The lowest BCUT2D eigenvalue weighted by Crippen LogP contribution is -2.24. The molecule has 8 heteroatoms. The predicted molar refractivity (Wildman–Crippen MR) is 165 cm³/mol. The summed E-state index contributed by atoms with van der Waals surface area (Å²) >= 11 is 0. The van der Waals surface area contributed by atoms with Crippen LogP contribution in [0.5, 0.6) is 0 Å². The first-order valence-electron chi connectivity index (χ1n) is 14.2. The Balaban J connectivity index is 1.15. The summed E-state index contributed by atoms with van der Waals surface area (Å²) in [7, 11) is 4.13. The van der Waals surface area contributed by atoms with Crippen LogP contribution in [0, 0.1) is 0 Å². The van der Waals surface area contributed by atoms with E-state index in [0.717, 1.165) is 65.4 Å². The number of amides is 1. The van der Waals surface area contributed by atoms with Crippen molar-refractivity contribution in [2.75, 3.05) is 39.5 Å². The number of para-hydroxylation sites is 1. The van der Waals surface area contributed by atoms with Crippen LogP contribution in [0.4, 0.5) is 5.82 Å². The molecule has 0 saturated heterocycles. The number of hydrogen-bond acceptors (Lipinski definition) is 6. The molecule has 0 fully saturated rings. The molecular formula is C33H38N6O2. The molecule has 41 heavy (non-hydrogen) atoms. The summed E-state index contributed by atoms with van der Waals surface area (Å²) in [6.07, 6.45) is 4.35. The average molecular weight is 551 g/mol. The molecule has 1 amide bonds. The molecule has 5 rings (SSSR count). The van der Waals surface area contributed by atoms with Gasteiger partial charge >= 0.3 is 0 Å². The third kappa shape index (κ3) is 6.90. The lowest BCUT2D eigenvalue weighted by molar-refractivity contribution is 0.0744. The molecule has 8 nitrogen and oxygen atoms in total. The number of nitrogens with two attached hydrogens (primary N) is 1.